The Kier molecular flexibility index (Phi) is 3.09. The van der Waals surface area contributed by atoms with Gasteiger partial charge in [0.2, 0.25) is 0 Å². The third-order valence-corrected chi connectivity index (χ3v) is 5.04. The van der Waals surface area contributed by atoms with Crippen LogP contribution in [0, 0.1) is 5.41 Å². The molecule has 124 valence electrons. The largest absolute Gasteiger partial charge is 0.493 e. The summed E-state index contributed by atoms with van der Waals surface area (Å²) in [5.41, 5.74) is 6.43. The van der Waals surface area contributed by atoms with Gasteiger partial charge in [-0.1, -0.05) is 40.7 Å². The van der Waals surface area contributed by atoms with Crippen molar-refractivity contribution in [3.8, 4) is 5.75 Å². The summed E-state index contributed by atoms with van der Waals surface area (Å²) in [6.45, 7) is 10.9. The van der Waals surface area contributed by atoms with E-state index in [0.717, 1.165) is 16.9 Å². The number of rotatable bonds is 0. The van der Waals surface area contributed by atoms with Crippen molar-refractivity contribution in [1.29, 1.82) is 0 Å². The summed E-state index contributed by atoms with van der Waals surface area (Å²) in [7, 11) is 1.68. The van der Waals surface area contributed by atoms with Crippen LogP contribution in [-0.4, -0.2) is 30.4 Å². The molecule has 0 saturated carbocycles. The third kappa shape index (κ3) is 1.98. The molecule has 1 spiro atoms. The van der Waals surface area contributed by atoms with Gasteiger partial charge in [-0.2, -0.15) is 0 Å². The van der Waals surface area contributed by atoms with Crippen molar-refractivity contribution >= 4 is 11.9 Å². The molecule has 0 radical (unpaired) electrons. The maximum atomic E-state index is 13.1. The average molecular weight is 315 g/mol. The first-order valence-corrected chi connectivity index (χ1v) is 7.92. The number of nitrogens with two attached hydrogens (primary N) is 1. The Morgan fingerprint density at radius 1 is 1.30 bits per heavy atom. The van der Waals surface area contributed by atoms with Crippen LogP contribution in [0.15, 0.2) is 23.2 Å². The molecule has 1 aromatic carbocycles. The number of nitrogens with zero attached hydrogens (tertiary/aromatic N) is 2. The lowest BCUT2D eigenvalue weighted by molar-refractivity contribution is -0.137. The number of fused-ring (bicyclic) bond motifs is 2. The van der Waals surface area contributed by atoms with Crippen LogP contribution < -0.4 is 10.5 Å². The number of likely N-dealkylation sites (N-methyl/N-ethyl adjacent to an activating group) is 1. The van der Waals surface area contributed by atoms with Crippen molar-refractivity contribution in [2.24, 2.45) is 16.1 Å². The topological polar surface area (TPSA) is 67.9 Å². The number of amides is 1. The van der Waals surface area contributed by atoms with Crippen LogP contribution in [0.1, 0.15) is 45.7 Å². The van der Waals surface area contributed by atoms with Crippen molar-refractivity contribution in [3.63, 3.8) is 0 Å². The predicted octanol–water partition coefficient (Wildman–Crippen LogP) is 2.38. The molecule has 0 aliphatic carbocycles. The van der Waals surface area contributed by atoms with Crippen LogP contribution in [0.2, 0.25) is 0 Å². The molecule has 2 aliphatic heterocycles. The summed E-state index contributed by atoms with van der Waals surface area (Å²) in [4.78, 5) is 19.2. The van der Waals surface area contributed by atoms with Crippen molar-refractivity contribution in [2.75, 3.05) is 13.7 Å². The van der Waals surface area contributed by atoms with Gasteiger partial charge in [0.25, 0.3) is 5.91 Å². The Balaban J connectivity index is 2.31. The number of carbonyl (C=O) groups excluding carboxylic acids is 1. The van der Waals surface area contributed by atoms with Crippen molar-refractivity contribution < 1.29 is 9.53 Å². The number of hydrogen-bond donors (Lipinski definition) is 1. The molecule has 2 heterocycles. The monoisotopic (exact) mass is 315 g/mol. The molecule has 0 fully saturated rings. The van der Waals surface area contributed by atoms with E-state index in [0.29, 0.717) is 6.61 Å². The highest BCUT2D eigenvalue weighted by Gasteiger charge is 2.61. The first-order valence-electron chi connectivity index (χ1n) is 7.92. The number of guanidine groups is 1. The highest BCUT2D eigenvalue weighted by Crippen LogP contribution is 2.53. The Morgan fingerprint density at radius 2 is 1.96 bits per heavy atom. The molecule has 23 heavy (non-hydrogen) atoms. The normalized spacial score (nSPS) is 26.1. The molecule has 0 aromatic heterocycles. The number of carbonyl (C=O) groups is 1. The number of ether oxygens (including phenoxy) is 1. The first-order chi connectivity index (χ1) is 10.5. The van der Waals surface area contributed by atoms with Gasteiger partial charge in [-0.05, 0) is 23.1 Å². The minimum atomic E-state index is -1.01. The fourth-order valence-electron chi connectivity index (χ4n) is 3.39. The molecule has 1 amide bonds. The van der Waals surface area contributed by atoms with Crippen molar-refractivity contribution in [3.05, 3.63) is 29.3 Å². The number of benzene rings is 1. The van der Waals surface area contributed by atoms with Crippen LogP contribution in [0.4, 0.5) is 0 Å². The molecule has 1 atom stereocenters. The maximum Gasteiger partial charge on any atom is 0.262 e. The van der Waals surface area contributed by atoms with E-state index in [2.05, 4.69) is 37.9 Å². The maximum absolute atomic E-state index is 13.1. The Morgan fingerprint density at radius 3 is 2.48 bits per heavy atom. The Bertz CT molecular complexity index is 715. The molecule has 5 heteroatoms. The second-order valence-corrected chi connectivity index (χ2v) is 8.18. The quantitative estimate of drug-likeness (QED) is 0.799. The summed E-state index contributed by atoms with van der Waals surface area (Å²) in [6.07, 6.45) is 0. The molecule has 1 aromatic rings. The summed E-state index contributed by atoms with van der Waals surface area (Å²) >= 11 is 0. The second kappa shape index (κ2) is 4.49. The fraction of sp³-hybridized carbons (Fsp3) is 0.556. The standard InChI is InChI=1S/C18H25N3O2/c1-16(2,3)11-7-8-13-12(9-11)18(17(4,5)10-23-13)14(22)21(6)15(19)20-18/h7-9H,10H2,1-6H3,(H2,19,20). The van der Waals surface area contributed by atoms with Gasteiger partial charge in [-0.3, -0.25) is 9.69 Å². The molecule has 1 unspecified atom stereocenters. The lowest BCUT2D eigenvalue weighted by Gasteiger charge is -2.44. The zero-order chi connectivity index (χ0) is 17.2. The van der Waals surface area contributed by atoms with E-state index in [-0.39, 0.29) is 17.3 Å². The first kappa shape index (κ1) is 15.8. The van der Waals surface area contributed by atoms with E-state index in [1.807, 2.05) is 19.9 Å². The zero-order valence-electron chi connectivity index (χ0n) is 14.7. The van der Waals surface area contributed by atoms with Gasteiger partial charge < -0.3 is 10.5 Å². The average Bonchev–Trinajstić information content (AvgIpc) is 2.68. The zero-order valence-corrected chi connectivity index (χ0v) is 14.7. The van der Waals surface area contributed by atoms with Crippen molar-refractivity contribution in [1.82, 2.24) is 4.90 Å². The van der Waals surface area contributed by atoms with Gasteiger partial charge >= 0.3 is 0 Å². The van der Waals surface area contributed by atoms with Gasteiger partial charge in [0.05, 0.1) is 6.61 Å². The van der Waals surface area contributed by atoms with Gasteiger partial charge in [-0.25, -0.2) is 4.99 Å². The van der Waals surface area contributed by atoms with Gasteiger partial charge in [0.1, 0.15) is 5.75 Å². The lowest BCUT2D eigenvalue weighted by Crippen LogP contribution is -2.54. The highest BCUT2D eigenvalue weighted by molar-refractivity contribution is 6.08. The van der Waals surface area contributed by atoms with Crippen molar-refractivity contribution in [2.45, 2.75) is 45.6 Å². The lowest BCUT2D eigenvalue weighted by atomic mass is 9.66. The minimum Gasteiger partial charge on any atom is -0.493 e. The van der Waals surface area contributed by atoms with E-state index in [4.69, 9.17) is 10.5 Å². The van der Waals surface area contributed by atoms with Gasteiger partial charge in [0, 0.05) is 18.0 Å². The third-order valence-electron chi connectivity index (χ3n) is 5.04. The molecule has 0 saturated heterocycles. The van der Waals surface area contributed by atoms with E-state index >= 15 is 0 Å². The highest BCUT2D eigenvalue weighted by atomic mass is 16.5. The van der Waals surface area contributed by atoms with E-state index in [1.54, 1.807) is 7.05 Å². The molecule has 3 rings (SSSR count). The van der Waals surface area contributed by atoms with Crippen LogP contribution in [-0.2, 0) is 15.7 Å². The fourth-order valence-corrected chi connectivity index (χ4v) is 3.39. The Hall–Kier alpha value is -2.04. The number of aliphatic imine (C=N–C) groups is 1. The summed E-state index contributed by atoms with van der Waals surface area (Å²) in [5, 5.41) is 0. The minimum absolute atomic E-state index is 0.0272. The molecule has 0 bridgehead atoms. The molecule has 5 nitrogen and oxygen atoms in total. The molecular formula is C18H25N3O2. The summed E-state index contributed by atoms with van der Waals surface area (Å²) in [5.74, 6) is 0.894. The Labute approximate surface area is 137 Å². The van der Waals surface area contributed by atoms with E-state index < -0.39 is 11.0 Å². The van der Waals surface area contributed by atoms with Crippen LogP contribution in [0.5, 0.6) is 5.75 Å². The number of hydrogen-bond acceptors (Lipinski definition) is 4. The van der Waals surface area contributed by atoms with E-state index in [1.165, 1.54) is 4.90 Å². The van der Waals surface area contributed by atoms with Crippen LogP contribution in [0.25, 0.3) is 0 Å². The smallest absolute Gasteiger partial charge is 0.262 e. The summed E-state index contributed by atoms with van der Waals surface area (Å²) in [6, 6.07) is 6.06. The molecular weight excluding hydrogens is 290 g/mol. The predicted molar refractivity (Wildman–Crippen MR) is 90.5 cm³/mol. The van der Waals surface area contributed by atoms with Gasteiger partial charge in [0.15, 0.2) is 11.5 Å². The van der Waals surface area contributed by atoms with Crippen LogP contribution in [0.3, 0.4) is 0 Å². The van der Waals surface area contributed by atoms with Gasteiger partial charge in [-0.15, -0.1) is 0 Å². The second-order valence-electron chi connectivity index (χ2n) is 8.18. The van der Waals surface area contributed by atoms with E-state index in [9.17, 15) is 4.79 Å². The molecule has 2 N–H and O–H groups in total. The molecule has 2 aliphatic rings. The summed E-state index contributed by atoms with van der Waals surface area (Å²) < 4.78 is 5.93. The SMILES string of the molecule is CN1C(=O)C2(N=C1N)c1cc(C(C)(C)C)ccc1OCC2(C)C. The van der Waals surface area contributed by atoms with Crippen LogP contribution >= 0.6 is 0 Å².